The largest absolute Gasteiger partial charge is 0.380 e. The highest BCUT2D eigenvalue weighted by Gasteiger charge is 2.23. The molecule has 0 radical (unpaired) electrons. The van der Waals surface area contributed by atoms with E-state index in [1.54, 1.807) is 7.11 Å². The highest BCUT2D eigenvalue weighted by Crippen LogP contribution is 2.18. The Morgan fingerprint density at radius 3 is 2.64 bits per heavy atom. The lowest BCUT2D eigenvalue weighted by molar-refractivity contribution is -0.0721. The van der Waals surface area contributed by atoms with E-state index in [2.05, 4.69) is 39.5 Å². The number of rotatable bonds is 7. The number of nitrogens with one attached hydrogen (secondary N) is 1. The molecule has 2 saturated heterocycles. The fourth-order valence-electron chi connectivity index (χ4n) is 3.95. The second-order valence-corrected chi connectivity index (χ2v) is 7.61. The Bertz CT molecular complexity index is 609. The van der Waals surface area contributed by atoms with Crippen molar-refractivity contribution < 1.29 is 14.2 Å². The van der Waals surface area contributed by atoms with Crippen molar-refractivity contribution in [1.82, 2.24) is 10.2 Å². The van der Waals surface area contributed by atoms with Crippen molar-refractivity contribution in [2.24, 2.45) is 4.99 Å². The second kappa shape index (κ2) is 11.4. The van der Waals surface area contributed by atoms with Gasteiger partial charge in [0, 0.05) is 40.4 Å². The first-order valence-electron chi connectivity index (χ1n) is 10.5. The number of likely N-dealkylation sites (tertiary alicyclic amines) is 1. The minimum atomic E-state index is 0.299. The van der Waals surface area contributed by atoms with Gasteiger partial charge in [0.2, 0.25) is 0 Å². The van der Waals surface area contributed by atoms with Gasteiger partial charge >= 0.3 is 0 Å². The Morgan fingerprint density at radius 2 is 1.96 bits per heavy atom. The normalized spacial score (nSPS) is 21.7. The number of aliphatic imine (C=N–C) groups is 1. The van der Waals surface area contributed by atoms with Gasteiger partial charge in [-0.2, -0.15) is 0 Å². The second-order valence-electron chi connectivity index (χ2n) is 7.61. The molecule has 0 bridgehead atoms. The molecule has 0 aliphatic carbocycles. The first-order valence-corrected chi connectivity index (χ1v) is 10.5. The van der Waals surface area contributed by atoms with Crippen LogP contribution in [0.2, 0.25) is 0 Å². The van der Waals surface area contributed by atoms with Crippen LogP contribution in [0.5, 0.6) is 0 Å². The quantitative estimate of drug-likeness (QED) is 0.574. The number of hydrogen-bond acceptors (Lipinski definition) is 4. The summed E-state index contributed by atoms with van der Waals surface area (Å²) in [5.74, 6) is 0.960. The van der Waals surface area contributed by atoms with Gasteiger partial charge in [0.15, 0.2) is 5.96 Å². The van der Waals surface area contributed by atoms with Crippen molar-refractivity contribution in [3.05, 3.63) is 35.4 Å². The van der Waals surface area contributed by atoms with E-state index in [9.17, 15) is 0 Å². The molecule has 1 aromatic rings. The molecule has 2 aliphatic heterocycles. The fourth-order valence-corrected chi connectivity index (χ4v) is 3.95. The fraction of sp³-hybridized carbons (Fsp3) is 0.682. The third-order valence-corrected chi connectivity index (χ3v) is 5.60. The standard InChI is InChI=1S/C22H35N3O3/c1-23-22(24-15-18-7-3-4-8-19(18)16-26-2)25-12-10-20(11-13-25)28-17-21-9-5-6-14-27-21/h3-4,7-8,20-21H,5-6,9-17H2,1-2H3,(H,23,24). The van der Waals surface area contributed by atoms with Crippen LogP contribution < -0.4 is 5.32 Å². The number of hydrogen-bond donors (Lipinski definition) is 1. The SMILES string of the molecule is CN=C(NCc1ccccc1COC)N1CCC(OCC2CCCCO2)CC1. The lowest BCUT2D eigenvalue weighted by Gasteiger charge is -2.35. The van der Waals surface area contributed by atoms with Gasteiger partial charge in [0.25, 0.3) is 0 Å². The van der Waals surface area contributed by atoms with Crippen LogP contribution in [0.15, 0.2) is 29.3 Å². The van der Waals surface area contributed by atoms with Crippen LogP contribution in [-0.4, -0.2) is 63.5 Å². The van der Waals surface area contributed by atoms with E-state index in [1.807, 2.05) is 7.05 Å². The Balaban J connectivity index is 1.42. The van der Waals surface area contributed by atoms with E-state index in [-0.39, 0.29) is 0 Å². The summed E-state index contributed by atoms with van der Waals surface area (Å²) in [5.41, 5.74) is 2.46. The van der Waals surface area contributed by atoms with Crippen LogP contribution >= 0.6 is 0 Å². The number of methoxy groups -OCH3 is 1. The highest BCUT2D eigenvalue weighted by molar-refractivity contribution is 5.80. The lowest BCUT2D eigenvalue weighted by atomic mass is 10.1. The summed E-state index contributed by atoms with van der Waals surface area (Å²) < 4.78 is 17.2. The predicted molar refractivity (Wildman–Crippen MR) is 111 cm³/mol. The first-order chi connectivity index (χ1) is 13.8. The molecule has 3 rings (SSSR count). The Labute approximate surface area is 169 Å². The molecule has 0 saturated carbocycles. The van der Waals surface area contributed by atoms with Gasteiger partial charge in [-0.1, -0.05) is 24.3 Å². The molecule has 2 fully saturated rings. The number of ether oxygens (including phenoxy) is 3. The van der Waals surface area contributed by atoms with Crippen molar-refractivity contribution >= 4 is 5.96 Å². The number of guanidine groups is 1. The smallest absolute Gasteiger partial charge is 0.193 e. The van der Waals surface area contributed by atoms with E-state index in [0.29, 0.717) is 18.8 Å². The van der Waals surface area contributed by atoms with Crippen molar-refractivity contribution in [3.8, 4) is 0 Å². The maximum absolute atomic E-state index is 6.13. The molecule has 2 aliphatic rings. The summed E-state index contributed by atoms with van der Waals surface area (Å²) in [5, 5.41) is 3.51. The Hall–Kier alpha value is -1.63. The van der Waals surface area contributed by atoms with E-state index in [0.717, 1.165) is 58.1 Å². The molecular weight excluding hydrogens is 354 g/mol. The minimum Gasteiger partial charge on any atom is -0.380 e. The lowest BCUT2D eigenvalue weighted by Crippen LogP contribution is -2.47. The van der Waals surface area contributed by atoms with Gasteiger partial charge in [-0.15, -0.1) is 0 Å². The zero-order valence-corrected chi connectivity index (χ0v) is 17.4. The van der Waals surface area contributed by atoms with Crippen molar-refractivity contribution in [2.75, 3.05) is 40.5 Å². The van der Waals surface area contributed by atoms with Crippen LogP contribution in [0.3, 0.4) is 0 Å². The summed E-state index contributed by atoms with van der Waals surface area (Å²) in [4.78, 5) is 6.82. The molecule has 0 aromatic heterocycles. The third kappa shape index (κ3) is 6.19. The summed E-state index contributed by atoms with van der Waals surface area (Å²) in [7, 11) is 3.59. The molecule has 2 heterocycles. The summed E-state index contributed by atoms with van der Waals surface area (Å²) in [6.45, 7) is 4.95. The summed E-state index contributed by atoms with van der Waals surface area (Å²) >= 11 is 0. The van der Waals surface area contributed by atoms with Crippen LogP contribution in [0.25, 0.3) is 0 Å². The Kier molecular flexibility index (Phi) is 8.58. The van der Waals surface area contributed by atoms with Crippen LogP contribution in [0, 0.1) is 0 Å². The molecule has 28 heavy (non-hydrogen) atoms. The first kappa shape index (κ1) is 21.1. The predicted octanol–water partition coefficient (Wildman–Crippen LogP) is 2.96. The molecule has 1 unspecified atom stereocenters. The van der Waals surface area contributed by atoms with Gasteiger partial charge < -0.3 is 24.4 Å². The zero-order valence-electron chi connectivity index (χ0n) is 17.4. The topological polar surface area (TPSA) is 55.3 Å². The van der Waals surface area contributed by atoms with Gasteiger partial charge in [-0.25, -0.2) is 0 Å². The van der Waals surface area contributed by atoms with E-state index < -0.39 is 0 Å². The number of piperidine rings is 1. The molecule has 1 atom stereocenters. The molecule has 1 aromatic carbocycles. The third-order valence-electron chi connectivity index (χ3n) is 5.60. The van der Waals surface area contributed by atoms with E-state index in [1.165, 1.54) is 24.0 Å². The molecule has 6 nitrogen and oxygen atoms in total. The number of nitrogens with zero attached hydrogens (tertiary/aromatic N) is 2. The van der Waals surface area contributed by atoms with Crippen LogP contribution in [0.4, 0.5) is 0 Å². The Morgan fingerprint density at radius 1 is 1.18 bits per heavy atom. The summed E-state index contributed by atoms with van der Waals surface area (Å²) in [6.07, 6.45) is 6.30. The van der Waals surface area contributed by atoms with E-state index >= 15 is 0 Å². The molecule has 0 amide bonds. The summed E-state index contributed by atoms with van der Waals surface area (Å²) in [6, 6.07) is 8.37. The highest BCUT2D eigenvalue weighted by atomic mass is 16.5. The monoisotopic (exact) mass is 389 g/mol. The van der Waals surface area contributed by atoms with Gasteiger partial charge in [-0.3, -0.25) is 4.99 Å². The van der Waals surface area contributed by atoms with Crippen molar-refractivity contribution in [1.29, 1.82) is 0 Å². The minimum absolute atomic E-state index is 0.299. The molecule has 1 N–H and O–H groups in total. The van der Waals surface area contributed by atoms with Crippen LogP contribution in [-0.2, 0) is 27.4 Å². The maximum Gasteiger partial charge on any atom is 0.193 e. The number of benzene rings is 1. The van der Waals surface area contributed by atoms with Gasteiger partial charge in [-0.05, 0) is 43.2 Å². The van der Waals surface area contributed by atoms with Crippen molar-refractivity contribution in [2.45, 2.75) is 57.5 Å². The van der Waals surface area contributed by atoms with Gasteiger partial charge in [0.1, 0.15) is 0 Å². The maximum atomic E-state index is 6.13. The van der Waals surface area contributed by atoms with Crippen molar-refractivity contribution in [3.63, 3.8) is 0 Å². The molecular formula is C22H35N3O3. The van der Waals surface area contributed by atoms with E-state index in [4.69, 9.17) is 14.2 Å². The molecule has 0 spiro atoms. The molecule has 6 heteroatoms. The van der Waals surface area contributed by atoms with Gasteiger partial charge in [0.05, 0.1) is 25.4 Å². The average molecular weight is 390 g/mol. The molecule has 156 valence electrons. The zero-order chi connectivity index (χ0) is 19.6. The average Bonchev–Trinajstić information content (AvgIpc) is 2.75. The van der Waals surface area contributed by atoms with Crippen LogP contribution in [0.1, 0.15) is 43.2 Å².